The number of nitrogens with one attached hydrogen (secondary N) is 1. The van der Waals surface area contributed by atoms with Crippen molar-refractivity contribution in [2.75, 3.05) is 0 Å². The van der Waals surface area contributed by atoms with Gasteiger partial charge in [0.15, 0.2) is 0 Å². The van der Waals surface area contributed by atoms with E-state index in [1.807, 2.05) is 13.8 Å². The Balaban J connectivity index is 2.30. The summed E-state index contributed by atoms with van der Waals surface area (Å²) in [6.45, 7) is 5.91. The molecule has 1 fully saturated rings. The van der Waals surface area contributed by atoms with Gasteiger partial charge in [0.2, 0.25) is 0 Å². The Morgan fingerprint density at radius 1 is 1.00 bits per heavy atom. The van der Waals surface area contributed by atoms with Crippen LogP contribution in [0.2, 0.25) is 0 Å². The van der Waals surface area contributed by atoms with E-state index in [4.69, 9.17) is 10.1 Å². The summed E-state index contributed by atoms with van der Waals surface area (Å²) in [7, 11) is 0. The SMILES string of the molecule is CCCCCCCC(=N)CC[C@@H]1[C@@H](C/C=C\CCCC(=O)OC(C)C)[C@@H](O)C[C@H]1O. The monoisotopic (exact) mass is 423 g/mol. The molecule has 0 aromatic rings. The lowest BCUT2D eigenvalue weighted by Crippen LogP contribution is -2.22. The lowest BCUT2D eigenvalue weighted by atomic mass is 9.86. The first-order valence-electron chi connectivity index (χ1n) is 12.1. The van der Waals surface area contributed by atoms with Crippen LogP contribution in [0, 0.1) is 17.2 Å². The highest BCUT2D eigenvalue weighted by Crippen LogP contribution is 2.38. The third kappa shape index (κ3) is 11.3. The molecule has 1 saturated carbocycles. The smallest absolute Gasteiger partial charge is 0.306 e. The summed E-state index contributed by atoms with van der Waals surface area (Å²) < 4.78 is 5.12. The Morgan fingerprint density at radius 2 is 1.70 bits per heavy atom. The average Bonchev–Trinajstić information content (AvgIpc) is 2.94. The van der Waals surface area contributed by atoms with Gasteiger partial charge in [-0.1, -0.05) is 44.8 Å². The van der Waals surface area contributed by atoms with E-state index < -0.39 is 12.2 Å². The van der Waals surface area contributed by atoms with Crippen molar-refractivity contribution in [3.63, 3.8) is 0 Å². The zero-order valence-electron chi connectivity index (χ0n) is 19.4. The van der Waals surface area contributed by atoms with Gasteiger partial charge in [-0.2, -0.15) is 0 Å². The van der Waals surface area contributed by atoms with E-state index in [-0.39, 0.29) is 23.9 Å². The van der Waals surface area contributed by atoms with Crippen LogP contribution in [0.25, 0.3) is 0 Å². The largest absolute Gasteiger partial charge is 0.463 e. The highest BCUT2D eigenvalue weighted by molar-refractivity contribution is 5.81. The molecule has 5 heteroatoms. The Kier molecular flexibility index (Phi) is 13.9. The quantitative estimate of drug-likeness (QED) is 0.131. The highest BCUT2D eigenvalue weighted by atomic mass is 16.5. The van der Waals surface area contributed by atoms with Crippen LogP contribution in [0.5, 0.6) is 0 Å². The molecular formula is C25H45NO4. The molecule has 0 aromatic heterocycles. The van der Waals surface area contributed by atoms with Gasteiger partial charge in [0, 0.05) is 12.1 Å². The van der Waals surface area contributed by atoms with E-state index >= 15 is 0 Å². The number of ether oxygens (including phenoxy) is 1. The molecule has 0 unspecified atom stereocenters. The lowest BCUT2D eigenvalue weighted by Gasteiger charge is -2.22. The fraction of sp³-hybridized carbons (Fsp3) is 0.840. The van der Waals surface area contributed by atoms with Crippen molar-refractivity contribution in [3.05, 3.63) is 12.2 Å². The predicted molar refractivity (Wildman–Crippen MR) is 123 cm³/mol. The average molecular weight is 424 g/mol. The number of hydrogen-bond acceptors (Lipinski definition) is 5. The number of unbranched alkanes of at least 4 members (excludes halogenated alkanes) is 5. The first-order valence-corrected chi connectivity index (χ1v) is 12.1. The molecule has 0 spiro atoms. The summed E-state index contributed by atoms with van der Waals surface area (Å²) in [5.74, 6) is -0.0359. The van der Waals surface area contributed by atoms with Crippen LogP contribution in [0.1, 0.15) is 104 Å². The molecule has 3 N–H and O–H groups in total. The Labute approximate surface area is 183 Å². The minimum Gasteiger partial charge on any atom is -0.463 e. The second-order valence-corrected chi connectivity index (χ2v) is 9.14. The molecule has 1 aliphatic carbocycles. The Morgan fingerprint density at radius 3 is 2.40 bits per heavy atom. The van der Waals surface area contributed by atoms with Gasteiger partial charge in [-0.15, -0.1) is 0 Å². The van der Waals surface area contributed by atoms with Crippen LogP contribution in [0.4, 0.5) is 0 Å². The van der Waals surface area contributed by atoms with Crippen LogP contribution in [0.15, 0.2) is 12.2 Å². The van der Waals surface area contributed by atoms with Crippen molar-refractivity contribution < 1.29 is 19.7 Å². The normalized spacial score (nSPS) is 24.1. The van der Waals surface area contributed by atoms with Crippen molar-refractivity contribution >= 4 is 11.7 Å². The molecule has 0 aromatic carbocycles. The molecular weight excluding hydrogens is 378 g/mol. The predicted octanol–water partition coefficient (Wildman–Crippen LogP) is 5.57. The molecule has 174 valence electrons. The number of aliphatic hydroxyl groups excluding tert-OH is 2. The zero-order chi connectivity index (χ0) is 22.4. The van der Waals surface area contributed by atoms with E-state index in [9.17, 15) is 15.0 Å². The minimum atomic E-state index is -0.473. The van der Waals surface area contributed by atoms with Crippen molar-refractivity contribution in [1.82, 2.24) is 0 Å². The van der Waals surface area contributed by atoms with Crippen molar-refractivity contribution in [1.29, 1.82) is 5.41 Å². The van der Waals surface area contributed by atoms with Crippen LogP contribution < -0.4 is 0 Å². The number of carbonyl (C=O) groups excluding carboxylic acids is 1. The van der Waals surface area contributed by atoms with Gasteiger partial charge in [0.05, 0.1) is 18.3 Å². The molecule has 4 atom stereocenters. The number of hydrogen-bond donors (Lipinski definition) is 3. The molecule has 30 heavy (non-hydrogen) atoms. The first-order chi connectivity index (χ1) is 14.3. The maximum Gasteiger partial charge on any atom is 0.306 e. The molecule has 5 nitrogen and oxygen atoms in total. The number of rotatable bonds is 16. The van der Waals surface area contributed by atoms with Crippen LogP contribution in [0.3, 0.4) is 0 Å². The summed E-state index contributed by atoms with van der Waals surface area (Å²) in [5, 5.41) is 29.0. The molecule has 0 saturated heterocycles. The summed E-state index contributed by atoms with van der Waals surface area (Å²) in [6, 6.07) is 0. The van der Waals surface area contributed by atoms with E-state index in [1.54, 1.807) is 0 Å². The fourth-order valence-electron chi connectivity index (χ4n) is 4.37. The minimum absolute atomic E-state index is 0.0551. The van der Waals surface area contributed by atoms with Crippen LogP contribution in [-0.2, 0) is 9.53 Å². The maximum absolute atomic E-state index is 11.5. The topological polar surface area (TPSA) is 90.6 Å². The van der Waals surface area contributed by atoms with Gasteiger partial charge in [-0.25, -0.2) is 0 Å². The van der Waals surface area contributed by atoms with Crippen LogP contribution >= 0.6 is 0 Å². The lowest BCUT2D eigenvalue weighted by molar-refractivity contribution is -0.147. The number of allylic oxidation sites excluding steroid dienone is 2. The molecule has 0 amide bonds. The first kappa shape index (κ1) is 26.8. The fourth-order valence-corrected chi connectivity index (χ4v) is 4.37. The van der Waals surface area contributed by atoms with E-state index in [0.717, 1.165) is 50.7 Å². The Hall–Kier alpha value is -1.20. The molecule has 0 radical (unpaired) electrons. The summed E-state index contributed by atoms with van der Waals surface area (Å²) in [5.41, 5.74) is 0.780. The van der Waals surface area contributed by atoms with Crippen molar-refractivity contribution in [2.45, 2.75) is 123 Å². The molecule has 1 rings (SSSR count). The van der Waals surface area contributed by atoms with Gasteiger partial charge in [-0.05, 0) is 77.0 Å². The summed E-state index contributed by atoms with van der Waals surface area (Å²) >= 11 is 0. The van der Waals surface area contributed by atoms with Gasteiger partial charge in [0.1, 0.15) is 0 Å². The second kappa shape index (κ2) is 15.6. The van der Waals surface area contributed by atoms with Crippen molar-refractivity contribution in [3.8, 4) is 0 Å². The number of aliphatic hydroxyl groups is 2. The summed E-state index contributed by atoms with van der Waals surface area (Å²) in [6.07, 6.45) is 14.7. The molecule has 0 heterocycles. The molecule has 0 aliphatic heterocycles. The molecule has 0 bridgehead atoms. The number of carbonyl (C=O) groups is 1. The van der Waals surface area contributed by atoms with Crippen molar-refractivity contribution in [2.24, 2.45) is 11.8 Å². The van der Waals surface area contributed by atoms with E-state index in [2.05, 4.69) is 19.1 Å². The van der Waals surface area contributed by atoms with Gasteiger partial charge in [0.25, 0.3) is 0 Å². The zero-order valence-corrected chi connectivity index (χ0v) is 19.4. The third-order valence-corrected chi connectivity index (χ3v) is 6.08. The van der Waals surface area contributed by atoms with E-state index in [1.165, 1.54) is 25.7 Å². The maximum atomic E-state index is 11.5. The number of esters is 1. The highest BCUT2D eigenvalue weighted by Gasteiger charge is 2.40. The van der Waals surface area contributed by atoms with Gasteiger partial charge < -0.3 is 20.4 Å². The van der Waals surface area contributed by atoms with E-state index in [0.29, 0.717) is 12.8 Å². The standard InChI is InChI=1S/C25H45NO4/c1-4-5-6-7-10-13-20(26)16-17-22-21(23(27)18-24(22)28)14-11-8-9-12-15-25(29)30-19(2)3/h8,11,19,21-24,26-28H,4-7,9-10,12-18H2,1-3H3/b11-8-,26-20?/t21-,22-,23+,24-/m1/s1. The molecule has 1 aliphatic rings. The van der Waals surface area contributed by atoms with Gasteiger partial charge in [-0.3, -0.25) is 4.79 Å². The van der Waals surface area contributed by atoms with Crippen LogP contribution in [-0.4, -0.2) is 40.2 Å². The Bertz CT molecular complexity index is 517. The third-order valence-electron chi connectivity index (χ3n) is 6.08. The summed E-state index contributed by atoms with van der Waals surface area (Å²) in [4.78, 5) is 11.5. The van der Waals surface area contributed by atoms with Gasteiger partial charge >= 0.3 is 5.97 Å². The second-order valence-electron chi connectivity index (χ2n) is 9.14.